The molecule has 2 N–H and O–H groups in total. The van der Waals surface area contributed by atoms with Crippen LogP contribution < -0.4 is 5.32 Å². The Bertz CT molecular complexity index is 613. The maximum atomic E-state index is 12.3. The Morgan fingerprint density at radius 1 is 1.19 bits per heavy atom. The lowest BCUT2D eigenvalue weighted by molar-refractivity contribution is -0.137. The number of carboxylic acids is 1. The van der Waals surface area contributed by atoms with Crippen molar-refractivity contribution in [3.63, 3.8) is 0 Å². The summed E-state index contributed by atoms with van der Waals surface area (Å²) in [6.07, 6.45) is 0.158. The molecule has 0 saturated carbocycles. The van der Waals surface area contributed by atoms with Crippen LogP contribution in [0, 0.1) is 0 Å². The minimum absolute atomic E-state index is 0.0914. The molecule has 1 aromatic carbocycles. The Hall–Kier alpha value is -2.03. The van der Waals surface area contributed by atoms with Crippen molar-refractivity contribution in [1.82, 2.24) is 5.32 Å². The summed E-state index contributed by atoms with van der Waals surface area (Å²) in [5.41, 5.74) is 0.0959. The van der Waals surface area contributed by atoms with Crippen LogP contribution in [-0.2, 0) is 14.6 Å². The summed E-state index contributed by atoms with van der Waals surface area (Å²) in [5, 5.41) is 10.9. The lowest BCUT2D eigenvalue weighted by atomic mass is 10.2. The van der Waals surface area contributed by atoms with Gasteiger partial charge in [0.05, 0.1) is 4.90 Å². The van der Waals surface area contributed by atoms with E-state index in [1.165, 1.54) is 0 Å². The fourth-order valence-electron chi connectivity index (χ4n) is 1.44. The van der Waals surface area contributed by atoms with E-state index in [9.17, 15) is 26.8 Å². The SMILES string of the molecule is O=C(O)CCCNC(=O)c1ccc(S(=O)(=O)C(F)F)cc1. The largest absolute Gasteiger partial charge is 0.481 e. The quantitative estimate of drug-likeness (QED) is 0.737. The van der Waals surface area contributed by atoms with Gasteiger partial charge in [-0.2, -0.15) is 8.78 Å². The maximum Gasteiger partial charge on any atom is 0.341 e. The molecule has 0 saturated heterocycles. The minimum Gasteiger partial charge on any atom is -0.481 e. The van der Waals surface area contributed by atoms with Crippen molar-refractivity contribution >= 4 is 21.7 Å². The number of sulfone groups is 1. The van der Waals surface area contributed by atoms with Gasteiger partial charge in [-0.05, 0) is 30.7 Å². The summed E-state index contributed by atoms with van der Waals surface area (Å²) < 4.78 is 47.0. The normalized spacial score (nSPS) is 11.4. The number of nitrogens with one attached hydrogen (secondary N) is 1. The smallest absolute Gasteiger partial charge is 0.341 e. The average Bonchev–Trinajstić information content (AvgIpc) is 2.43. The third-order valence-corrected chi connectivity index (χ3v) is 3.93. The fourth-order valence-corrected chi connectivity index (χ4v) is 2.16. The Kier molecular flexibility index (Phi) is 5.77. The van der Waals surface area contributed by atoms with Crippen molar-refractivity contribution < 1.29 is 31.9 Å². The van der Waals surface area contributed by atoms with Crippen molar-refractivity contribution in [2.45, 2.75) is 23.5 Å². The Balaban J connectivity index is 2.66. The first kappa shape index (κ1) is 17.0. The number of carbonyl (C=O) groups excluding carboxylic acids is 1. The van der Waals surface area contributed by atoms with Crippen molar-refractivity contribution in [3.05, 3.63) is 29.8 Å². The van der Waals surface area contributed by atoms with Crippen molar-refractivity contribution in [3.8, 4) is 0 Å². The standard InChI is InChI=1S/C12H13F2NO5S/c13-12(14)21(19,20)9-5-3-8(4-6-9)11(18)15-7-1-2-10(16)17/h3-6,12H,1-2,7H2,(H,15,18)(H,16,17). The first-order valence-corrected chi connectivity index (χ1v) is 7.42. The topological polar surface area (TPSA) is 101 Å². The molecule has 0 fully saturated rings. The van der Waals surface area contributed by atoms with E-state index < -0.39 is 32.4 Å². The monoisotopic (exact) mass is 321 g/mol. The average molecular weight is 321 g/mol. The number of benzene rings is 1. The molecule has 0 unspecified atom stereocenters. The van der Waals surface area contributed by atoms with E-state index >= 15 is 0 Å². The fraction of sp³-hybridized carbons (Fsp3) is 0.333. The summed E-state index contributed by atoms with van der Waals surface area (Å²) >= 11 is 0. The van der Waals surface area contributed by atoms with Crippen LogP contribution in [0.25, 0.3) is 0 Å². The van der Waals surface area contributed by atoms with Gasteiger partial charge in [-0.3, -0.25) is 9.59 Å². The summed E-state index contributed by atoms with van der Waals surface area (Å²) in [5.74, 6) is -5.04. The Morgan fingerprint density at radius 2 is 1.76 bits per heavy atom. The van der Waals surface area contributed by atoms with Gasteiger partial charge in [0.25, 0.3) is 5.91 Å². The molecule has 116 valence electrons. The van der Waals surface area contributed by atoms with Gasteiger partial charge in [0.15, 0.2) is 0 Å². The highest BCUT2D eigenvalue weighted by Crippen LogP contribution is 2.18. The van der Waals surface area contributed by atoms with Crippen LogP contribution in [-0.4, -0.2) is 37.7 Å². The van der Waals surface area contributed by atoms with Gasteiger partial charge in [-0.25, -0.2) is 8.42 Å². The minimum atomic E-state index is -4.68. The van der Waals surface area contributed by atoms with E-state index in [0.717, 1.165) is 24.3 Å². The van der Waals surface area contributed by atoms with Crippen LogP contribution in [0.5, 0.6) is 0 Å². The molecule has 0 aromatic heterocycles. The van der Waals surface area contributed by atoms with Crippen molar-refractivity contribution in [2.75, 3.05) is 6.54 Å². The summed E-state index contributed by atoms with van der Waals surface area (Å²) in [6, 6.07) is 4.07. The highest BCUT2D eigenvalue weighted by atomic mass is 32.2. The van der Waals surface area contributed by atoms with Crippen molar-refractivity contribution in [2.24, 2.45) is 0 Å². The predicted molar refractivity (Wildman–Crippen MR) is 68.8 cm³/mol. The number of hydrogen-bond acceptors (Lipinski definition) is 4. The van der Waals surface area contributed by atoms with Gasteiger partial charge in [-0.1, -0.05) is 0 Å². The molecule has 0 atom stereocenters. The zero-order chi connectivity index (χ0) is 16.0. The van der Waals surface area contributed by atoms with Crippen molar-refractivity contribution in [1.29, 1.82) is 0 Å². The molecule has 0 radical (unpaired) electrons. The molecule has 0 aliphatic heterocycles. The van der Waals surface area contributed by atoms with Crippen LogP contribution in [0.2, 0.25) is 0 Å². The second kappa shape index (κ2) is 7.11. The number of rotatable bonds is 7. The molecule has 0 spiro atoms. The molecule has 1 rings (SSSR count). The molecule has 1 amide bonds. The Labute approximate surface area is 119 Å². The lowest BCUT2D eigenvalue weighted by Crippen LogP contribution is -2.25. The van der Waals surface area contributed by atoms with E-state index in [0.29, 0.717) is 0 Å². The Morgan fingerprint density at radius 3 is 2.24 bits per heavy atom. The number of carboxylic acid groups (broad SMARTS) is 1. The molecule has 0 heterocycles. The zero-order valence-corrected chi connectivity index (χ0v) is 11.6. The van der Waals surface area contributed by atoms with Crippen LogP contribution in [0.3, 0.4) is 0 Å². The van der Waals surface area contributed by atoms with Crippen LogP contribution in [0.15, 0.2) is 29.2 Å². The third-order valence-electron chi connectivity index (χ3n) is 2.53. The van der Waals surface area contributed by atoms with Gasteiger partial charge in [0.2, 0.25) is 9.84 Å². The molecular weight excluding hydrogens is 308 g/mol. The molecule has 0 bridgehead atoms. The van der Waals surface area contributed by atoms with Gasteiger partial charge < -0.3 is 10.4 Å². The van der Waals surface area contributed by atoms with Gasteiger partial charge in [-0.15, -0.1) is 0 Å². The second-order valence-electron chi connectivity index (χ2n) is 4.08. The highest BCUT2D eigenvalue weighted by Gasteiger charge is 2.26. The predicted octanol–water partition coefficient (Wildman–Crippen LogP) is 1.28. The molecule has 6 nitrogen and oxygen atoms in total. The van der Waals surface area contributed by atoms with Gasteiger partial charge >= 0.3 is 11.7 Å². The summed E-state index contributed by atoms with van der Waals surface area (Å²) in [4.78, 5) is 21.3. The highest BCUT2D eigenvalue weighted by molar-refractivity contribution is 7.91. The van der Waals surface area contributed by atoms with Gasteiger partial charge in [0, 0.05) is 18.5 Å². The number of carbonyl (C=O) groups is 2. The van der Waals surface area contributed by atoms with Crippen LogP contribution in [0.1, 0.15) is 23.2 Å². The van der Waals surface area contributed by atoms with E-state index in [-0.39, 0.29) is 24.9 Å². The van der Waals surface area contributed by atoms with E-state index in [4.69, 9.17) is 5.11 Å². The number of amides is 1. The summed E-state index contributed by atoms with van der Waals surface area (Å²) in [6.45, 7) is 0.141. The lowest BCUT2D eigenvalue weighted by Gasteiger charge is -2.06. The van der Waals surface area contributed by atoms with E-state index in [1.54, 1.807) is 0 Å². The second-order valence-corrected chi connectivity index (χ2v) is 6.00. The van der Waals surface area contributed by atoms with Gasteiger partial charge in [0.1, 0.15) is 0 Å². The first-order chi connectivity index (χ1) is 9.75. The molecule has 9 heteroatoms. The van der Waals surface area contributed by atoms with Crippen LogP contribution in [0.4, 0.5) is 8.78 Å². The molecule has 1 aromatic rings. The molecular formula is C12H13F2NO5S. The number of alkyl halides is 2. The number of aliphatic carboxylic acids is 1. The van der Waals surface area contributed by atoms with E-state index in [2.05, 4.69) is 5.32 Å². The number of halogens is 2. The number of hydrogen-bond donors (Lipinski definition) is 2. The van der Waals surface area contributed by atoms with E-state index in [1.807, 2.05) is 0 Å². The summed E-state index contributed by atoms with van der Waals surface area (Å²) in [7, 11) is -4.68. The first-order valence-electron chi connectivity index (χ1n) is 5.87. The zero-order valence-electron chi connectivity index (χ0n) is 10.8. The molecule has 21 heavy (non-hydrogen) atoms. The van der Waals surface area contributed by atoms with Crippen LogP contribution >= 0.6 is 0 Å². The third kappa shape index (κ3) is 4.78. The molecule has 0 aliphatic carbocycles. The molecule has 0 aliphatic rings. The maximum absolute atomic E-state index is 12.3.